The van der Waals surface area contributed by atoms with Crippen molar-refractivity contribution in [3.8, 4) is 0 Å². The predicted molar refractivity (Wildman–Crippen MR) is 33.4 cm³/mol. The van der Waals surface area contributed by atoms with E-state index < -0.39 is 32.1 Å². The van der Waals surface area contributed by atoms with Crippen LogP contribution in [0.1, 0.15) is 0 Å². The van der Waals surface area contributed by atoms with Crippen LogP contribution in [-0.2, 0) is 34.7 Å². The van der Waals surface area contributed by atoms with E-state index in [0.717, 1.165) is 0 Å². The van der Waals surface area contributed by atoms with E-state index in [-0.39, 0.29) is 34.7 Å². The molecule has 0 atom stereocenters. The van der Waals surface area contributed by atoms with Crippen molar-refractivity contribution in [1.29, 1.82) is 0 Å². The Labute approximate surface area is 104 Å². The molecule has 0 saturated carbocycles. The summed E-state index contributed by atoms with van der Waals surface area (Å²) < 4.78 is 68.2. The first-order valence-corrected chi connectivity index (χ1v) is 3.11. The first kappa shape index (κ1) is 20.9. The molecule has 10 heteroatoms. The van der Waals surface area contributed by atoms with Crippen LogP contribution in [0, 0.1) is 0 Å². The quantitative estimate of drug-likeness (QED) is 0.564. The van der Waals surface area contributed by atoms with E-state index in [2.05, 4.69) is 10.6 Å². The SMILES string of the molecule is FC(F)(F)C[N-]C[N-]CC(F)(F)F.[Cr].[Cr]. The fraction of sp³-hybridized carbons (Fsp3) is 1.00. The molecule has 0 fully saturated rings. The zero-order valence-corrected chi connectivity index (χ0v) is 9.65. The maximum absolute atomic E-state index is 11.4. The molecule has 0 heterocycles. The van der Waals surface area contributed by atoms with Crippen LogP contribution < -0.4 is 0 Å². The third-order valence-corrected chi connectivity index (χ3v) is 0.782. The van der Waals surface area contributed by atoms with Crippen LogP contribution in [-0.4, -0.2) is 32.1 Å². The summed E-state index contributed by atoms with van der Waals surface area (Å²) in [5.74, 6) is 0. The average molecular weight is 312 g/mol. The normalized spacial score (nSPS) is 11.6. The topological polar surface area (TPSA) is 28.2 Å². The van der Waals surface area contributed by atoms with Crippen molar-refractivity contribution in [3.63, 3.8) is 0 Å². The van der Waals surface area contributed by atoms with Gasteiger partial charge in [0.15, 0.2) is 0 Å². The van der Waals surface area contributed by atoms with Gasteiger partial charge in [-0.25, -0.2) is 0 Å². The van der Waals surface area contributed by atoms with Crippen LogP contribution in [0.3, 0.4) is 0 Å². The predicted octanol–water partition coefficient (Wildman–Crippen LogP) is 2.81. The van der Waals surface area contributed by atoms with Crippen molar-refractivity contribution < 1.29 is 61.1 Å². The Morgan fingerprint density at radius 2 is 0.933 bits per heavy atom. The number of hydrogen-bond donors (Lipinski definition) is 0. The van der Waals surface area contributed by atoms with E-state index in [9.17, 15) is 26.3 Å². The van der Waals surface area contributed by atoms with Crippen LogP contribution in [0.2, 0.25) is 0 Å². The van der Waals surface area contributed by atoms with Gasteiger partial charge in [-0.1, -0.05) is 13.1 Å². The molecular formula is C5H6Cr2F6N2-2. The van der Waals surface area contributed by atoms with Gasteiger partial charge >= 0.3 is 12.4 Å². The Balaban J connectivity index is -0.000000720. The van der Waals surface area contributed by atoms with Gasteiger partial charge in [0.1, 0.15) is 0 Å². The average Bonchev–Trinajstić information content (AvgIpc) is 1.81. The monoisotopic (exact) mass is 312 g/mol. The van der Waals surface area contributed by atoms with E-state index in [0.29, 0.717) is 0 Å². The van der Waals surface area contributed by atoms with E-state index in [1.807, 2.05) is 0 Å². The minimum absolute atomic E-state index is 0. The molecule has 0 bridgehead atoms. The Kier molecular flexibility index (Phi) is 12.1. The molecule has 0 N–H and O–H groups in total. The molecule has 0 aromatic carbocycles. The van der Waals surface area contributed by atoms with Crippen molar-refractivity contribution in [1.82, 2.24) is 0 Å². The Bertz CT molecular complexity index is 131. The van der Waals surface area contributed by atoms with Gasteiger partial charge in [0.25, 0.3) is 0 Å². The summed E-state index contributed by atoms with van der Waals surface area (Å²) in [5, 5.41) is 5.51. The van der Waals surface area contributed by atoms with Crippen molar-refractivity contribution in [3.05, 3.63) is 10.6 Å². The summed E-state index contributed by atoms with van der Waals surface area (Å²) in [6.07, 6.45) is -8.96. The van der Waals surface area contributed by atoms with Gasteiger partial charge in [-0.15, -0.1) is 0 Å². The van der Waals surface area contributed by atoms with Gasteiger partial charge in [-0.3, -0.25) is 6.67 Å². The molecule has 0 saturated heterocycles. The van der Waals surface area contributed by atoms with Crippen LogP contribution in [0.4, 0.5) is 26.3 Å². The summed E-state index contributed by atoms with van der Waals surface area (Å²) in [5.41, 5.74) is 0. The molecular weight excluding hydrogens is 306 g/mol. The molecule has 0 radical (unpaired) electrons. The Hall–Kier alpha value is 0.565. The standard InChI is InChI=1S/C5H6F6N2.2Cr/c6-4(7,8)1-12-3-13-2-5(9,10)11;;/h1-3H2;;/q-2;;. The van der Waals surface area contributed by atoms with E-state index in [1.165, 1.54) is 0 Å². The van der Waals surface area contributed by atoms with Gasteiger partial charge in [0.05, 0.1) is 0 Å². The van der Waals surface area contributed by atoms with Crippen molar-refractivity contribution >= 4 is 0 Å². The minimum atomic E-state index is -4.48. The first-order valence-electron chi connectivity index (χ1n) is 3.11. The molecule has 0 rings (SSSR count). The fourth-order valence-electron chi connectivity index (χ4n) is 0.424. The Morgan fingerprint density at radius 3 is 1.13 bits per heavy atom. The fourth-order valence-corrected chi connectivity index (χ4v) is 0.424. The summed E-state index contributed by atoms with van der Waals surface area (Å²) in [4.78, 5) is 0. The molecule has 0 unspecified atom stereocenters. The summed E-state index contributed by atoms with van der Waals surface area (Å²) in [6, 6.07) is 0. The maximum atomic E-state index is 11.4. The van der Waals surface area contributed by atoms with Crippen LogP contribution in [0.15, 0.2) is 0 Å². The number of alkyl halides is 6. The van der Waals surface area contributed by atoms with Crippen LogP contribution in [0.5, 0.6) is 0 Å². The van der Waals surface area contributed by atoms with Gasteiger partial charge in [0, 0.05) is 34.7 Å². The third kappa shape index (κ3) is 20.6. The minimum Gasteiger partial charge on any atom is -0.673 e. The second kappa shape index (κ2) is 8.69. The molecule has 0 aromatic heterocycles. The van der Waals surface area contributed by atoms with Crippen LogP contribution in [0.25, 0.3) is 10.6 Å². The number of nitrogens with zero attached hydrogens (tertiary/aromatic N) is 2. The molecule has 0 amide bonds. The zero-order valence-electron chi connectivity index (χ0n) is 7.10. The summed E-state index contributed by atoms with van der Waals surface area (Å²) >= 11 is 0. The smallest absolute Gasteiger partial charge is 0.371 e. The molecule has 0 aliphatic carbocycles. The third-order valence-electron chi connectivity index (χ3n) is 0.782. The molecule has 92 valence electrons. The van der Waals surface area contributed by atoms with Crippen molar-refractivity contribution in [2.45, 2.75) is 12.4 Å². The molecule has 15 heavy (non-hydrogen) atoms. The first-order chi connectivity index (χ1) is 5.71. The second-order valence-electron chi connectivity index (χ2n) is 2.14. The molecule has 0 aromatic rings. The van der Waals surface area contributed by atoms with Gasteiger partial charge in [0.2, 0.25) is 0 Å². The van der Waals surface area contributed by atoms with Crippen molar-refractivity contribution in [2.75, 3.05) is 19.8 Å². The molecule has 0 spiro atoms. The zero-order chi connectivity index (χ0) is 10.5. The van der Waals surface area contributed by atoms with E-state index in [1.54, 1.807) is 0 Å². The molecule has 2 nitrogen and oxygen atoms in total. The van der Waals surface area contributed by atoms with Gasteiger partial charge < -0.3 is 10.6 Å². The summed E-state index contributed by atoms with van der Waals surface area (Å²) in [7, 11) is 0. The number of halogens is 6. The second-order valence-corrected chi connectivity index (χ2v) is 2.14. The maximum Gasteiger partial charge on any atom is 0.371 e. The van der Waals surface area contributed by atoms with Gasteiger partial charge in [-0.2, -0.15) is 26.3 Å². The van der Waals surface area contributed by atoms with Gasteiger partial charge in [-0.05, 0) is 0 Å². The number of hydrogen-bond acceptors (Lipinski definition) is 0. The van der Waals surface area contributed by atoms with E-state index >= 15 is 0 Å². The van der Waals surface area contributed by atoms with Crippen LogP contribution >= 0.6 is 0 Å². The molecule has 0 aliphatic rings. The van der Waals surface area contributed by atoms with Crippen molar-refractivity contribution in [2.24, 2.45) is 0 Å². The number of rotatable bonds is 4. The summed E-state index contributed by atoms with van der Waals surface area (Å²) in [6.45, 7) is -3.71. The largest absolute Gasteiger partial charge is 0.673 e. The van der Waals surface area contributed by atoms with E-state index in [4.69, 9.17) is 0 Å². The Morgan fingerprint density at radius 1 is 0.667 bits per heavy atom. The molecule has 0 aliphatic heterocycles.